The maximum absolute atomic E-state index is 6.05. The van der Waals surface area contributed by atoms with Gasteiger partial charge in [-0.05, 0) is 29.8 Å². The molecule has 2 aromatic rings. The van der Waals surface area contributed by atoms with Gasteiger partial charge >= 0.3 is 0 Å². The van der Waals surface area contributed by atoms with Crippen LogP contribution in [-0.2, 0) is 13.2 Å². The summed E-state index contributed by atoms with van der Waals surface area (Å²) in [6, 6.07) is 11.0. The van der Waals surface area contributed by atoms with E-state index in [2.05, 4.69) is 0 Å². The first-order valence-corrected chi connectivity index (χ1v) is 6.84. The average molecular weight is 312 g/mol. The maximum atomic E-state index is 6.05. The molecule has 0 bridgehead atoms. The molecule has 0 aliphatic carbocycles. The Labute approximate surface area is 128 Å². The lowest BCUT2D eigenvalue weighted by Gasteiger charge is -2.12. The van der Waals surface area contributed by atoms with E-state index in [0.29, 0.717) is 28.9 Å². The molecule has 0 saturated heterocycles. The Kier molecular flexibility index (Phi) is 5.12. The first-order valence-electron chi connectivity index (χ1n) is 6.08. The Morgan fingerprint density at radius 2 is 1.80 bits per heavy atom. The molecule has 2 N–H and O–H groups in total. The second-order valence-corrected chi connectivity index (χ2v) is 5.00. The summed E-state index contributed by atoms with van der Waals surface area (Å²) >= 11 is 12.1. The van der Waals surface area contributed by atoms with E-state index < -0.39 is 0 Å². The number of rotatable bonds is 5. The summed E-state index contributed by atoms with van der Waals surface area (Å²) in [6.45, 7) is 0.768. The van der Waals surface area contributed by atoms with Gasteiger partial charge in [0.05, 0.1) is 17.2 Å². The van der Waals surface area contributed by atoms with Crippen molar-refractivity contribution in [3.63, 3.8) is 0 Å². The largest absolute Gasteiger partial charge is 0.496 e. The first kappa shape index (κ1) is 15.0. The summed E-state index contributed by atoms with van der Waals surface area (Å²) in [5, 5.41) is 0.982. The molecule has 0 atom stereocenters. The molecule has 0 spiro atoms. The minimum Gasteiger partial charge on any atom is -0.496 e. The van der Waals surface area contributed by atoms with Crippen LogP contribution in [-0.4, -0.2) is 7.11 Å². The molecule has 0 radical (unpaired) electrons. The fourth-order valence-corrected chi connectivity index (χ4v) is 2.36. The number of nitrogens with two attached hydrogens (primary N) is 1. The zero-order valence-corrected chi connectivity index (χ0v) is 12.5. The van der Waals surface area contributed by atoms with Crippen molar-refractivity contribution in [2.75, 3.05) is 7.11 Å². The highest BCUT2D eigenvalue weighted by Gasteiger charge is 2.08. The molecule has 2 rings (SSSR count). The van der Waals surface area contributed by atoms with Crippen LogP contribution in [0.5, 0.6) is 11.5 Å². The van der Waals surface area contributed by atoms with E-state index in [-0.39, 0.29) is 0 Å². The molecule has 0 aliphatic heterocycles. The van der Waals surface area contributed by atoms with Crippen LogP contribution in [0.3, 0.4) is 0 Å². The summed E-state index contributed by atoms with van der Waals surface area (Å²) in [5.41, 5.74) is 7.59. The summed E-state index contributed by atoms with van der Waals surface area (Å²) in [6.07, 6.45) is 0. The van der Waals surface area contributed by atoms with Crippen LogP contribution in [0, 0.1) is 0 Å². The molecular formula is C15H15Cl2NO2. The molecule has 0 amide bonds. The van der Waals surface area contributed by atoms with Gasteiger partial charge in [-0.15, -0.1) is 0 Å². The van der Waals surface area contributed by atoms with Crippen molar-refractivity contribution in [3.8, 4) is 11.5 Å². The molecule has 0 heterocycles. The van der Waals surface area contributed by atoms with Gasteiger partial charge in [-0.2, -0.15) is 0 Å². The highest BCUT2D eigenvalue weighted by molar-refractivity contribution is 6.37. The van der Waals surface area contributed by atoms with E-state index in [0.717, 1.165) is 16.9 Å². The van der Waals surface area contributed by atoms with Crippen molar-refractivity contribution in [3.05, 3.63) is 57.6 Å². The molecule has 20 heavy (non-hydrogen) atoms. The van der Waals surface area contributed by atoms with Gasteiger partial charge in [-0.1, -0.05) is 35.3 Å². The SMILES string of the molecule is COc1ccc(COc2c(Cl)cccc2Cl)cc1CN. The van der Waals surface area contributed by atoms with Gasteiger partial charge in [-0.25, -0.2) is 0 Å². The second-order valence-electron chi connectivity index (χ2n) is 4.19. The molecule has 106 valence electrons. The molecular weight excluding hydrogens is 297 g/mol. The van der Waals surface area contributed by atoms with Crippen LogP contribution in [0.2, 0.25) is 10.0 Å². The van der Waals surface area contributed by atoms with Gasteiger partial charge in [0, 0.05) is 12.1 Å². The molecule has 0 aliphatic rings. The third-order valence-corrected chi connectivity index (χ3v) is 3.46. The number of methoxy groups -OCH3 is 1. The number of para-hydroxylation sites is 1. The van der Waals surface area contributed by atoms with Crippen molar-refractivity contribution < 1.29 is 9.47 Å². The zero-order chi connectivity index (χ0) is 14.5. The van der Waals surface area contributed by atoms with Crippen molar-refractivity contribution in [2.24, 2.45) is 5.73 Å². The number of ether oxygens (including phenoxy) is 2. The van der Waals surface area contributed by atoms with Gasteiger partial charge < -0.3 is 15.2 Å². The smallest absolute Gasteiger partial charge is 0.156 e. The quantitative estimate of drug-likeness (QED) is 0.906. The molecule has 0 unspecified atom stereocenters. The summed E-state index contributed by atoms with van der Waals surface area (Å²) < 4.78 is 10.9. The number of benzene rings is 2. The van der Waals surface area contributed by atoms with E-state index in [1.807, 2.05) is 18.2 Å². The molecule has 5 heteroatoms. The normalized spacial score (nSPS) is 10.4. The van der Waals surface area contributed by atoms with Gasteiger partial charge in [0.1, 0.15) is 12.4 Å². The van der Waals surface area contributed by atoms with E-state index in [9.17, 15) is 0 Å². The fraction of sp³-hybridized carbons (Fsp3) is 0.200. The van der Waals surface area contributed by atoms with Crippen LogP contribution in [0.1, 0.15) is 11.1 Å². The van der Waals surface area contributed by atoms with Gasteiger partial charge in [-0.3, -0.25) is 0 Å². The molecule has 0 aromatic heterocycles. The molecule has 0 fully saturated rings. The van der Waals surface area contributed by atoms with E-state index in [4.69, 9.17) is 38.4 Å². The van der Waals surface area contributed by atoms with Crippen LogP contribution in [0.4, 0.5) is 0 Å². The first-order chi connectivity index (χ1) is 9.65. The second kappa shape index (κ2) is 6.84. The predicted molar refractivity (Wildman–Crippen MR) is 81.7 cm³/mol. The highest BCUT2D eigenvalue weighted by Crippen LogP contribution is 2.33. The summed E-state index contributed by atoms with van der Waals surface area (Å²) in [7, 11) is 1.62. The van der Waals surface area contributed by atoms with E-state index >= 15 is 0 Å². The van der Waals surface area contributed by atoms with Crippen molar-refractivity contribution >= 4 is 23.2 Å². The third-order valence-electron chi connectivity index (χ3n) is 2.87. The lowest BCUT2D eigenvalue weighted by atomic mass is 10.1. The molecule has 2 aromatic carbocycles. The Bertz CT molecular complexity index is 582. The fourth-order valence-electron chi connectivity index (χ4n) is 1.86. The maximum Gasteiger partial charge on any atom is 0.156 e. The lowest BCUT2D eigenvalue weighted by Crippen LogP contribution is -2.03. The topological polar surface area (TPSA) is 44.5 Å². The lowest BCUT2D eigenvalue weighted by molar-refractivity contribution is 0.306. The van der Waals surface area contributed by atoms with Gasteiger partial charge in [0.15, 0.2) is 5.75 Å². The summed E-state index contributed by atoms with van der Waals surface area (Å²) in [5.74, 6) is 1.26. The Balaban J connectivity index is 2.15. The van der Waals surface area contributed by atoms with Gasteiger partial charge in [0.2, 0.25) is 0 Å². The van der Waals surface area contributed by atoms with Crippen molar-refractivity contribution in [1.29, 1.82) is 0 Å². The minimum absolute atomic E-state index is 0.362. The highest BCUT2D eigenvalue weighted by atomic mass is 35.5. The minimum atomic E-state index is 0.362. The van der Waals surface area contributed by atoms with Crippen LogP contribution < -0.4 is 15.2 Å². The van der Waals surface area contributed by atoms with E-state index in [1.54, 1.807) is 25.3 Å². The van der Waals surface area contributed by atoms with Crippen molar-refractivity contribution in [2.45, 2.75) is 13.2 Å². The Morgan fingerprint density at radius 1 is 1.10 bits per heavy atom. The molecule has 0 saturated carbocycles. The monoisotopic (exact) mass is 311 g/mol. The molecule has 3 nitrogen and oxygen atoms in total. The number of hydrogen-bond acceptors (Lipinski definition) is 3. The average Bonchev–Trinajstić information content (AvgIpc) is 2.46. The van der Waals surface area contributed by atoms with Crippen LogP contribution >= 0.6 is 23.2 Å². The van der Waals surface area contributed by atoms with Crippen molar-refractivity contribution in [1.82, 2.24) is 0 Å². The summed E-state index contributed by atoms with van der Waals surface area (Å²) in [4.78, 5) is 0. The third kappa shape index (κ3) is 3.37. The standard InChI is InChI=1S/C15H15Cl2NO2/c1-19-14-6-5-10(7-11(14)8-18)9-20-15-12(16)3-2-4-13(15)17/h2-7H,8-9,18H2,1H3. The number of halogens is 2. The van der Waals surface area contributed by atoms with E-state index in [1.165, 1.54) is 0 Å². The Hall–Kier alpha value is -1.42. The predicted octanol–water partition coefficient (Wildman–Crippen LogP) is 4.04. The number of hydrogen-bond donors (Lipinski definition) is 1. The van der Waals surface area contributed by atoms with Crippen LogP contribution in [0.15, 0.2) is 36.4 Å². The van der Waals surface area contributed by atoms with Gasteiger partial charge in [0.25, 0.3) is 0 Å². The Morgan fingerprint density at radius 3 is 2.40 bits per heavy atom. The van der Waals surface area contributed by atoms with Crippen LogP contribution in [0.25, 0.3) is 0 Å². The zero-order valence-electron chi connectivity index (χ0n) is 11.0.